The number of nitrogens with zero attached hydrogens (tertiary/aromatic N) is 2. The molecule has 0 saturated carbocycles. The number of ether oxygens (including phenoxy) is 1. The minimum Gasteiger partial charge on any atom is -1.00 e. The number of hydrogen-bond donors (Lipinski definition) is 1. The second-order valence-corrected chi connectivity index (χ2v) is 7.06. The van der Waals surface area contributed by atoms with Gasteiger partial charge in [-0.3, -0.25) is 4.79 Å². The van der Waals surface area contributed by atoms with Crippen molar-refractivity contribution in [1.29, 1.82) is 0 Å². The van der Waals surface area contributed by atoms with E-state index in [1.54, 1.807) is 0 Å². The molecule has 0 fully saturated rings. The number of anilines is 1. The van der Waals surface area contributed by atoms with Crippen LogP contribution in [0.1, 0.15) is 13.3 Å². The zero-order valence-electron chi connectivity index (χ0n) is 17.2. The summed E-state index contributed by atoms with van der Waals surface area (Å²) < 4.78 is 13.3. The van der Waals surface area contributed by atoms with Gasteiger partial charge < -0.3 is 26.9 Å². The highest BCUT2D eigenvalue weighted by Gasteiger charge is 2.15. The standard InChI is InChI=1S/C23H23N3O3.ClH/c1-4-28-22(27)11-12-24-19-14-21-23(17-8-6-5-7-16(17)19)25-18-10-9-15(26(2)3)13-20(18)29-21;/h5-10,13-14H,4,11-12H2,1-3H3;1H. The predicted octanol–water partition coefficient (Wildman–Crippen LogP) is 0.487. The third kappa shape index (κ3) is 4.24. The third-order valence-corrected chi connectivity index (χ3v) is 4.84. The molecule has 0 unspecified atom stereocenters. The highest BCUT2D eigenvalue weighted by Crippen LogP contribution is 2.33. The summed E-state index contributed by atoms with van der Waals surface area (Å²) in [4.78, 5) is 16.5. The van der Waals surface area contributed by atoms with E-state index in [-0.39, 0.29) is 18.4 Å². The summed E-state index contributed by atoms with van der Waals surface area (Å²) in [5.74, 6) is 0.523. The Morgan fingerprint density at radius 3 is 2.63 bits per heavy atom. The number of halogens is 1. The SMILES string of the molecule is CCOC(=O)CCNc1cc2oc3cc(=[N+](C)C)ccc-3nc2c2ccccc12.[Cl-]. The molecule has 0 aromatic heterocycles. The Balaban J connectivity index is 0.00000256. The molecule has 0 spiro atoms. The fourth-order valence-corrected chi connectivity index (χ4v) is 3.40. The second kappa shape index (κ2) is 9.13. The first-order chi connectivity index (χ1) is 14.1. The molecule has 4 rings (SSSR count). The molecule has 0 radical (unpaired) electrons. The van der Waals surface area contributed by atoms with E-state index in [0.29, 0.717) is 25.2 Å². The van der Waals surface area contributed by atoms with Crippen LogP contribution in [0.3, 0.4) is 0 Å². The molecule has 6 nitrogen and oxygen atoms in total. The van der Waals surface area contributed by atoms with Crippen LogP contribution < -0.4 is 27.7 Å². The van der Waals surface area contributed by atoms with Crippen molar-refractivity contribution < 1.29 is 26.4 Å². The predicted molar refractivity (Wildman–Crippen MR) is 115 cm³/mol. The Hall–Kier alpha value is -3.12. The maximum atomic E-state index is 11.6. The Labute approximate surface area is 180 Å². The lowest BCUT2D eigenvalue weighted by atomic mass is 10.1. The van der Waals surface area contributed by atoms with E-state index in [9.17, 15) is 4.79 Å². The second-order valence-electron chi connectivity index (χ2n) is 7.06. The molecular formula is C23H24ClN3O3. The highest BCUT2D eigenvalue weighted by atomic mass is 35.5. The van der Waals surface area contributed by atoms with Gasteiger partial charge in [0.25, 0.3) is 0 Å². The molecule has 2 aromatic carbocycles. The Morgan fingerprint density at radius 2 is 1.90 bits per heavy atom. The minimum atomic E-state index is -0.210. The van der Waals surface area contributed by atoms with Gasteiger partial charge in [0.15, 0.2) is 11.3 Å². The molecule has 1 heterocycles. The van der Waals surface area contributed by atoms with E-state index in [0.717, 1.165) is 38.8 Å². The zero-order valence-corrected chi connectivity index (χ0v) is 18.0. The Bertz CT molecular complexity index is 1250. The number of carbonyl (C=O) groups excluding carboxylic acids is 1. The Kier molecular flexibility index (Phi) is 6.57. The van der Waals surface area contributed by atoms with Crippen LogP contribution in [0, 0.1) is 0 Å². The summed E-state index contributed by atoms with van der Waals surface area (Å²) in [6.45, 7) is 2.69. The van der Waals surface area contributed by atoms with Crippen molar-refractivity contribution in [2.75, 3.05) is 32.6 Å². The van der Waals surface area contributed by atoms with E-state index in [1.807, 2.05) is 74.1 Å². The minimum absolute atomic E-state index is 0. The number of benzene rings is 3. The van der Waals surface area contributed by atoms with Gasteiger partial charge in [-0.05, 0) is 13.0 Å². The maximum Gasteiger partial charge on any atom is 0.307 e. The van der Waals surface area contributed by atoms with Gasteiger partial charge in [-0.25, -0.2) is 9.56 Å². The lowest BCUT2D eigenvalue weighted by molar-refractivity contribution is -0.142. The zero-order chi connectivity index (χ0) is 20.4. The molecule has 7 heteroatoms. The third-order valence-electron chi connectivity index (χ3n) is 4.84. The maximum absolute atomic E-state index is 11.6. The van der Waals surface area contributed by atoms with Crippen LogP contribution in [0.2, 0.25) is 0 Å². The van der Waals surface area contributed by atoms with E-state index in [1.165, 1.54) is 0 Å². The average Bonchev–Trinajstić information content (AvgIpc) is 2.72. The van der Waals surface area contributed by atoms with Crippen LogP contribution >= 0.6 is 0 Å². The van der Waals surface area contributed by atoms with E-state index < -0.39 is 0 Å². The van der Waals surface area contributed by atoms with Gasteiger partial charge in [0.1, 0.15) is 25.3 Å². The summed E-state index contributed by atoms with van der Waals surface area (Å²) in [5.41, 5.74) is 3.25. The largest absolute Gasteiger partial charge is 1.00 e. The summed E-state index contributed by atoms with van der Waals surface area (Å²) in [7, 11) is 3.99. The van der Waals surface area contributed by atoms with Crippen molar-refractivity contribution >= 4 is 33.5 Å². The normalized spacial score (nSPS) is 10.8. The summed E-state index contributed by atoms with van der Waals surface area (Å²) in [6.07, 6.45) is 0.305. The smallest absolute Gasteiger partial charge is 0.307 e. The number of fused-ring (bicyclic) bond motifs is 4. The molecule has 2 aromatic rings. The fourth-order valence-electron chi connectivity index (χ4n) is 3.40. The summed E-state index contributed by atoms with van der Waals surface area (Å²) in [6, 6.07) is 16.0. The first kappa shape index (κ1) is 21.6. The lowest BCUT2D eigenvalue weighted by Gasteiger charge is -2.13. The molecule has 0 bridgehead atoms. The van der Waals surface area contributed by atoms with Crippen LogP contribution in [0.15, 0.2) is 52.9 Å². The van der Waals surface area contributed by atoms with Gasteiger partial charge >= 0.3 is 5.97 Å². The lowest BCUT2D eigenvalue weighted by Crippen LogP contribution is -3.00. The van der Waals surface area contributed by atoms with Crippen LogP contribution in [-0.2, 0) is 9.53 Å². The number of carbonyl (C=O) groups is 1. The quantitative estimate of drug-likeness (QED) is 0.218. The van der Waals surface area contributed by atoms with E-state index >= 15 is 0 Å². The Morgan fingerprint density at radius 1 is 1.13 bits per heavy atom. The van der Waals surface area contributed by atoms with Gasteiger partial charge in [0.2, 0.25) is 5.36 Å². The highest BCUT2D eigenvalue weighted by molar-refractivity contribution is 6.10. The van der Waals surface area contributed by atoms with Crippen molar-refractivity contribution in [2.45, 2.75) is 13.3 Å². The van der Waals surface area contributed by atoms with Gasteiger partial charge in [0.05, 0.1) is 19.1 Å². The number of nitrogens with one attached hydrogen (secondary N) is 1. The molecule has 30 heavy (non-hydrogen) atoms. The molecule has 0 saturated heterocycles. The molecular weight excluding hydrogens is 402 g/mol. The van der Waals surface area contributed by atoms with Crippen LogP contribution in [0.4, 0.5) is 5.69 Å². The van der Waals surface area contributed by atoms with Crippen molar-refractivity contribution in [3.63, 3.8) is 0 Å². The monoisotopic (exact) mass is 425 g/mol. The molecule has 0 atom stereocenters. The number of hydrogen-bond acceptors (Lipinski definition) is 5. The van der Waals surface area contributed by atoms with Crippen molar-refractivity contribution in [3.8, 4) is 11.5 Å². The molecule has 1 aliphatic heterocycles. The van der Waals surface area contributed by atoms with Gasteiger partial charge in [-0.2, -0.15) is 0 Å². The molecule has 1 N–H and O–H groups in total. The van der Waals surface area contributed by atoms with Gasteiger partial charge in [-0.1, -0.05) is 24.3 Å². The van der Waals surface area contributed by atoms with Crippen LogP contribution in [0.25, 0.3) is 33.3 Å². The molecule has 0 amide bonds. The van der Waals surface area contributed by atoms with E-state index in [2.05, 4.69) is 5.32 Å². The number of aromatic nitrogens is 1. The van der Waals surface area contributed by atoms with Crippen molar-refractivity contribution in [1.82, 2.24) is 9.56 Å². The number of esters is 1. The average molecular weight is 426 g/mol. The fraction of sp³-hybridized carbons (Fsp3) is 0.261. The summed E-state index contributed by atoms with van der Waals surface area (Å²) in [5, 5.41) is 6.45. The van der Waals surface area contributed by atoms with Crippen LogP contribution in [-0.4, -0.2) is 38.2 Å². The molecule has 156 valence electrons. The van der Waals surface area contributed by atoms with E-state index in [4.69, 9.17) is 14.1 Å². The van der Waals surface area contributed by atoms with Gasteiger partial charge in [0, 0.05) is 35.1 Å². The first-order valence-electron chi connectivity index (χ1n) is 9.73. The molecule has 2 aliphatic rings. The molecule has 1 aliphatic carbocycles. The summed E-state index contributed by atoms with van der Waals surface area (Å²) >= 11 is 0. The first-order valence-corrected chi connectivity index (χ1v) is 9.73. The number of rotatable bonds is 5. The van der Waals surface area contributed by atoms with Crippen LogP contribution in [0.5, 0.6) is 0 Å². The van der Waals surface area contributed by atoms with Crippen molar-refractivity contribution in [3.05, 3.63) is 53.9 Å². The van der Waals surface area contributed by atoms with Crippen molar-refractivity contribution in [2.24, 2.45) is 0 Å². The van der Waals surface area contributed by atoms with Gasteiger partial charge in [-0.15, -0.1) is 0 Å². The topological polar surface area (TPSA) is 67.4 Å².